The summed E-state index contributed by atoms with van der Waals surface area (Å²) in [4.78, 5) is 9.03. The zero-order valence-electron chi connectivity index (χ0n) is 12.3. The first-order valence-electron chi connectivity index (χ1n) is 6.99. The maximum Gasteiger partial charge on any atom is 0.242 e. The van der Waals surface area contributed by atoms with E-state index in [0.717, 1.165) is 25.1 Å². The SMILES string of the molecule is CCCOc1nc(C2CC2)nc(NC(C)(C)C)c1N. The highest BCUT2D eigenvalue weighted by Gasteiger charge is 2.29. The average molecular weight is 264 g/mol. The van der Waals surface area contributed by atoms with Gasteiger partial charge in [-0.25, -0.2) is 4.98 Å². The van der Waals surface area contributed by atoms with Crippen molar-refractivity contribution in [2.24, 2.45) is 0 Å². The van der Waals surface area contributed by atoms with Crippen LogP contribution in [-0.2, 0) is 0 Å². The monoisotopic (exact) mass is 264 g/mol. The smallest absolute Gasteiger partial charge is 0.242 e. The average Bonchev–Trinajstić information content (AvgIpc) is 3.12. The van der Waals surface area contributed by atoms with E-state index in [4.69, 9.17) is 10.5 Å². The number of ether oxygens (including phenoxy) is 1. The minimum absolute atomic E-state index is 0.0919. The Bertz CT molecular complexity index is 449. The van der Waals surface area contributed by atoms with Crippen LogP contribution in [0.25, 0.3) is 0 Å². The molecule has 1 saturated carbocycles. The summed E-state index contributed by atoms with van der Waals surface area (Å²) in [6, 6.07) is 0. The first-order chi connectivity index (χ1) is 8.90. The number of nitrogens with one attached hydrogen (secondary N) is 1. The van der Waals surface area contributed by atoms with Crippen molar-refractivity contribution in [2.45, 2.75) is 58.4 Å². The Morgan fingerprint density at radius 2 is 2.00 bits per heavy atom. The molecule has 1 aliphatic carbocycles. The van der Waals surface area contributed by atoms with E-state index in [1.807, 2.05) is 0 Å². The summed E-state index contributed by atoms with van der Waals surface area (Å²) in [5.74, 6) is 2.54. The fraction of sp³-hybridized carbons (Fsp3) is 0.714. The molecule has 0 bridgehead atoms. The van der Waals surface area contributed by atoms with Gasteiger partial charge in [-0.1, -0.05) is 6.92 Å². The molecule has 0 amide bonds. The topological polar surface area (TPSA) is 73.1 Å². The number of nitrogen functional groups attached to an aromatic ring is 1. The van der Waals surface area contributed by atoms with Gasteiger partial charge in [-0.3, -0.25) is 0 Å². The van der Waals surface area contributed by atoms with Gasteiger partial charge in [-0.05, 0) is 40.0 Å². The zero-order chi connectivity index (χ0) is 14.0. The third kappa shape index (κ3) is 3.72. The van der Waals surface area contributed by atoms with Crippen LogP contribution in [0.2, 0.25) is 0 Å². The largest absolute Gasteiger partial charge is 0.476 e. The van der Waals surface area contributed by atoms with Gasteiger partial charge in [0.1, 0.15) is 11.5 Å². The molecule has 5 heteroatoms. The predicted octanol–water partition coefficient (Wildman–Crippen LogP) is 2.94. The Kier molecular flexibility index (Phi) is 3.83. The minimum atomic E-state index is -0.0919. The lowest BCUT2D eigenvalue weighted by Gasteiger charge is -2.23. The van der Waals surface area contributed by atoms with Crippen LogP contribution in [0.5, 0.6) is 5.88 Å². The van der Waals surface area contributed by atoms with Gasteiger partial charge in [0.15, 0.2) is 5.82 Å². The molecule has 106 valence electrons. The number of anilines is 2. The number of nitrogens with two attached hydrogens (primary N) is 1. The second-order valence-corrected chi connectivity index (χ2v) is 6.15. The van der Waals surface area contributed by atoms with E-state index in [1.54, 1.807) is 0 Å². The Morgan fingerprint density at radius 3 is 2.53 bits per heavy atom. The molecular weight excluding hydrogens is 240 g/mol. The number of hydrogen-bond donors (Lipinski definition) is 2. The van der Waals surface area contributed by atoms with Crippen molar-refractivity contribution >= 4 is 11.5 Å². The molecule has 0 spiro atoms. The van der Waals surface area contributed by atoms with Gasteiger partial charge >= 0.3 is 0 Å². The van der Waals surface area contributed by atoms with Crippen molar-refractivity contribution in [3.63, 3.8) is 0 Å². The Labute approximate surface area is 115 Å². The van der Waals surface area contributed by atoms with Gasteiger partial charge in [-0.15, -0.1) is 0 Å². The molecule has 1 heterocycles. The van der Waals surface area contributed by atoms with Gasteiger partial charge in [0.2, 0.25) is 5.88 Å². The molecule has 0 radical (unpaired) electrons. The summed E-state index contributed by atoms with van der Waals surface area (Å²) >= 11 is 0. The van der Waals surface area contributed by atoms with Crippen molar-refractivity contribution in [2.75, 3.05) is 17.7 Å². The fourth-order valence-electron chi connectivity index (χ4n) is 1.75. The molecule has 0 aromatic carbocycles. The van der Waals surface area contributed by atoms with Crippen LogP contribution in [0.1, 0.15) is 58.7 Å². The second-order valence-electron chi connectivity index (χ2n) is 6.15. The van der Waals surface area contributed by atoms with E-state index < -0.39 is 0 Å². The normalized spacial score (nSPS) is 15.4. The first kappa shape index (κ1) is 13.9. The predicted molar refractivity (Wildman–Crippen MR) is 77.6 cm³/mol. The highest BCUT2D eigenvalue weighted by atomic mass is 16.5. The third-order valence-electron chi connectivity index (χ3n) is 2.81. The van der Waals surface area contributed by atoms with Gasteiger partial charge in [0, 0.05) is 11.5 Å². The fourth-order valence-corrected chi connectivity index (χ4v) is 1.75. The number of hydrogen-bond acceptors (Lipinski definition) is 5. The summed E-state index contributed by atoms with van der Waals surface area (Å²) < 4.78 is 5.64. The highest BCUT2D eigenvalue weighted by Crippen LogP contribution is 2.41. The van der Waals surface area contributed by atoms with Crippen LogP contribution < -0.4 is 15.8 Å². The molecule has 1 fully saturated rings. The highest BCUT2D eigenvalue weighted by molar-refractivity contribution is 5.67. The second kappa shape index (κ2) is 5.23. The minimum Gasteiger partial charge on any atom is -0.476 e. The molecule has 1 aromatic heterocycles. The van der Waals surface area contributed by atoms with Gasteiger partial charge in [0.05, 0.1) is 6.61 Å². The molecular formula is C14H24N4O. The lowest BCUT2D eigenvalue weighted by atomic mass is 10.1. The zero-order valence-corrected chi connectivity index (χ0v) is 12.3. The van der Waals surface area contributed by atoms with Crippen molar-refractivity contribution in [1.29, 1.82) is 0 Å². The lowest BCUT2D eigenvalue weighted by Crippen LogP contribution is -2.28. The number of rotatable bonds is 5. The van der Waals surface area contributed by atoms with Crippen LogP contribution in [0, 0.1) is 0 Å². The molecule has 3 N–H and O–H groups in total. The number of nitrogens with zero attached hydrogens (tertiary/aromatic N) is 2. The summed E-state index contributed by atoms with van der Waals surface area (Å²) in [7, 11) is 0. The van der Waals surface area contributed by atoms with Crippen molar-refractivity contribution in [3.8, 4) is 5.88 Å². The van der Waals surface area contributed by atoms with Gasteiger partial charge < -0.3 is 15.8 Å². The van der Waals surface area contributed by atoms with Crippen molar-refractivity contribution in [3.05, 3.63) is 5.82 Å². The van der Waals surface area contributed by atoms with Crippen LogP contribution in [0.15, 0.2) is 0 Å². The summed E-state index contributed by atoms with van der Waals surface area (Å²) in [5.41, 5.74) is 6.52. The van der Waals surface area contributed by atoms with Crippen molar-refractivity contribution < 1.29 is 4.74 Å². The van der Waals surface area contributed by atoms with E-state index in [-0.39, 0.29) is 5.54 Å². The van der Waals surface area contributed by atoms with Crippen LogP contribution in [-0.4, -0.2) is 22.1 Å². The summed E-state index contributed by atoms with van der Waals surface area (Å²) in [6.45, 7) is 8.93. The van der Waals surface area contributed by atoms with E-state index >= 15 is 0 Å². The van der Waals surface area contributed by atoms with E-state index in [1.165, 1.54) is 0 Å². The Hall–Kier alpha value is -1.52. The van der Waals surface area contributed by atoms with Gasteiger partial charge in [-0.2, -0.15) is 4.98 Å². The van der Waals surface area contributed by atoms with Crippen LogP contribution >= 0.6 is 0 Å². The Morgan fingerprint density at radius 1 is 1.32 bits per heavy atom. The molecule has 2 rings (SSSR count). The molecule has 0 saturated heterocycles. The van der Waals surface area contributed by atoms with E-state index in [9.17, 15) is 0 Å². The molecule has 0 aliphatic heterocycles. The molecule has 1 aromatic rings. The molecule has 0 atom stereocenters. The van der Waals surface area contributed by atoms with Gasteiger partial charge in [0.25, 0.3) is 0 Å². The quantitative estimate of drug-likeness (QED) is 0.855. The Balaban J connectivity index is 2.31. The summed E-state index contributed by atoms with van der Waals surface area (Å²) in [5, 5.41) is 3.33. The first-order valence-corrected chi connectivity index (χ1v) is 6.99. The molecule has 0 unspecified atom stereocenters. The van der Waals surface area contributed by atoms with E-state index in [0.29, 0.717) is 29.9 Å². The molecule has 19 heavy (non-hydrogen) atoms. The molecule has 1 aliphatic rings. The third-order valence-corrected chi connectivity index (χ3v) is 2.81. The summed E-state index contributed by atoms with van der Waals surface area (Å²) in [6.07, 6.45) is 3.25. The van der Waals surface area contributed by atoms with E-state index in [2.05, 4.69) is 43.0 Å². The maximum absolute atomic E-state index is 6.11. The van der Waals surface area contributed by atoms with Crippen LogP contribution in [0.4, 0.5) is 11.5 Å². The van der Waals surface area contributed by atoms with Crippen LogP contribution in [0.3, 0.4) is 0 Å². The molecule has 5 nitrogen and oxygen atoms in total. The number of aromatic nitrogens is 2. The van der Waals surface area contributed by atoms with Crippen molar-refractivity contribution in [1.82, 2.24) is 9.97 Å². The maximum atomic E-state index is 6.11. The lowest BCUT2D eigenvalue weighted by molar-refractivity contribution is 0.305. The standard InChI is InChI=1S/C14H24N4O/c1-5-8-19-13-10(15)12(18-14(2,3)4)16-11(17-13)9-6-7-9/h9H,5-8,15H2,1-4H3,(H,16,17,18).